The molecule has 0 fully saturated rings. The van der Waals surface area contributed by atoms with Crippen LogP contribution in [0.4, 0.5) is 5.69 Å². The zero-order chi connectivity index (χ0) is 20.1. The summed E-state index contributed by atoms with van der Waals surface area (Å²) in [5.41, 5.74) is 4.02. The van der Waals surface area contributed by atoms with Gasteiger partial charge in [0.25, 0.3) is 0 Å². The van der Waals surface area contributed by atoms with Crippen LogP contribution in [0.15, 0.2) is 59.1 Å². The van der Waals surface area contributed by atoms with Crippen molar-refractivity contribution in [3.05, 3.63) is 85.8 Å². The largest absolute Gasteiger partial charge is 0.493 e. The van der Waals surface area contributed by atoms with Crippen molar-refractivity contribution in [2.45, 2.75) is 20.1 Å². The molecule has 0 aromatic heterocycles. The fourth-order valence-corrected chi connectivity index (χ4v) is 3.39. The standard InChI is InChI=1S/C22H20BrCl2NO2/c1-14-3-8-18(11-19(14)24)26-12-16-9-20(25)22(21(10-16)27-2)28-13-15-4-6-17(23)7-5-15/h3-11,26H,12-13H2,1-2H3. The van der Waals surface area contributed by atoms with Gasteiger partial charge < -0.3 is 14.8 Å². The van der Waals surface area contributed by atoms with Gasteiger partial charge in [-0.3, -0.25) is 0 Å². The highest BCUT2D eigenvalue weighted by molar-refractivity contribution is 9.10. The predicted molar refractivity (Wildman–Crippen MR) is 120 cm³/mol. The molecule has 3 aromatic carbocycles. The minimum atomic E-state index is 0.406. The second-order valence-corrected chi connectivity index (χ2v) is 8.07. The van der Waals surface area contributed by atoms with Crippen LogP contribution >= 0.6 is 39.1 Å². The van der Waals surface area contributed by atoms with Gasteiger partial charge in [-0.2, -0.15) is 0 Å². The van der Waals surface area contributed by atoms with E-state index in [9.17, 15) is 0 Å². The third kappa shape index (κ3) is 5.34. The van der Waals surface area contributed by atoms with Crippen molar-refractivity contribution in [2.24, 2.45) is 0 Å². The molecule has 0 saturated heterocycles. The van der Waals surface area contributed by atoms with E-state index in [1.165, 1.54) is 0 Å². The number of hydrogen-bond donors (Lipinski definition) is 1. The highest BCUT2D eigenvalue weighted by Crippen LogP contribution is 2.37. The molecule has 3 nitrogen and oxygen atoms in total. The van der Waals surface area contributed by atoms with Crippen molar-refractivity contribution in [3.8, 4) is 11.5 Å². The van der Waals surface area contributed by atoms with Crippen LogP contribution < -0.4 is 14.8 Å². The number of nitrogens with one attached hydrogen (secondary N) is 1. The Morgan fingerprint density at radius 3 is 2.36 bits per heavy atom. The number of hydrogen-bond acceptors (Lipinski definition) is 3. The number of methoxy groups -OCH3 is 1. The number of rotatable bonds is 7. The summed E-state index contributed by atoms with van der Waals surface area (Å²) < 4.78 is 12.4. The maximum Gasteiger partial charge on any atom is 0.180 e. The van der Waals surface area contributed by atoms with Crippen LogP contribution in [-0.2, 0) is 13.2 Å². The quantitative estimate of drug-likeness (QED) is 0.385. The average Bonchev–Trinajstić information content (AvgIpc) is 2.69. The number of anilines is 1. The van der Waals surface area contributed by atoms with Crippen LogP contribution in [-0.4, -0.2) is 7.11 Å². The normalized spacial score (nSPS) is 10.6. The maximum atomic E-state index is 6.47. The summed E-state index contributed by atoms with van der Waals surface area (Å²) in [6.07, 6.45) is 0. The first-order valence-corrected chi connectivity index (χ1v) is 10.2. The van der Waals surface area contributed by atoms with E-state index in [4.69, 9.17) is 32.7 Å². The summed E-state index contributed by atoms with van der Waals surface area (Å²) in [6.45, 7) is 2.97. The van der Waals surface area contributed by atoms with E-state index in [2.05, 4.69) is 21.2 Å². The topological polar surface area (TPSA) is 30.5 Å². The zero-order valence-corrected chi connectivity index (χ0v) is 18.7. The molecule has 146 valence electrons. The number of halogens is 3. The molecule has 0 aliphatic rings. The van der Waals surface area contributed by atoms with Gasteiger partial charge >= 0.3 is 0 Å². The molecule has 3 rings (SSSR count). The zero-order valence-electron chi connectivity index (χ0n) is 15.6. The van der Waals surface area contributed by atoms with Crippen molar-refractivity contribution in [2.75, 3.05) is 12.4 Å². The Kier molecular flexibility index (Phi) is 7.11. The Hall–Kier alpha value is -1.88. The highest BCUT2D eigenvalue weighted by Gasteiger charge is 2.13. The summed E-state index contributed by atoms with van der Waals surface area (Å²) in [7, 11) is 1.61. The molecule has 0 saturated carbocycles. The van der Waals surface area contributed by atoms with E-state index in [0.29, 0.717) is 29.7 Å². The van der Waals surface area contributed by atoms with Gasteiger partial charge in [0.05, 0.1) is 12.1 Å². The lowest BCUT2D eigenvalue weighted by Crippen LogP contribution is -2.03. The van der Waals surface area contributed by atoms with Gasteiger partial charge in [-0.25, -0.2) is 0 Å². The van der Waals surface area contributed by atoms with Gasteiger partial charge in [-0.05, 0) is 60.0 Å². The lowest BCUT2D eigenvalue weighted by Gasteiger charge is -2.15. The van der Waals surface area contributed by atoms with E-state index in [-0.39, 0.29) is 0 Å². The van der Waals surface area contributed by atoms with Crippen molar-refractivity contribution >= 4 is 44.8 Å². The third-order valence-electron chi connectivity index (χ3n) is 4.25. The van der Waals surface area contributed by atoms with Gasteiger partial charge in [0.15, 0.2) is 11.5 Å². The molecule has 0 aliphatic carbocycles. The Balaban J connectivity index is 1.71. The van der Waals surface area contributed by atoms with Gasteiger partial charge in [0.1, 0.15) is 6.61 Å². The molecule has 6 heteroatoms. The molecule has 0 radical (unpaired) electrons. The van der Waals surface area contributed by atoms with E-state index in [1.54, 1.807) is 7.11 Å². The Labute approximate surface area is 183 Å². The van der Waals surface area contributed by atoms with E-state index < -0.39 is 0 Å². The van der Waals surface area contributed by atoms with Crippen LogP contribution in [0.5, 0.6) is 11.5 Å². The monoisotopic (exact) mass is 479 g/mol. The van der Waals surface area contributed by atoms with Crippen molar-refractivity contribution in [3.63, 3.8) is 0 Å². The molecular weight excluding hydrogens is 461 g/mol. The first-order chi connectivity index (χ1) is 13.5. The molecule has 0 heterocycles. The van der Waals surface area contributed by atoms with Crippen LogP contribution in [0.1, 0.15) is 16.7 Å². The van der Waals surface area contributed by atoms with Gasteiger partial charge in [0.2, 0.25) is 0 Å². The highest BCUT2D eigenvalue weighted by atomic mass is 79.9. The molecular formula is C22H20BrCl2NO2. The van der Waals surface area contributed by atoms with E-state index in [1.807, 2.05) is 61.5 Å². The minimum Gasteiger partial charge on any atom is -0.493 e. The molecule has 0 spiro atoms. The second-order valence-electron chi connectivity index (χ2n) is 6.34. The molecule has 3 aromatic rings. The van der Waals surface area contributed by atoms with Crippen LogP contribution in [0.2, 0.25) is 10.0 Å². The molecule has 28 heavy (non-hydrogen) atoms. The summed E-state index contributed by atoms with van der Waals surface area (Å²) in [4.78, 5) is 0. The molecule has 0 atom stereocenters. The van der Waals surface area contributed by atoms with Gasteiger partial charge in [-0.15, -0.1) is 0 Å². The van der Waals surface area contributed by atoms with Crippen LogP contribution in [0, 0.1) is 6.92 Å². The minimum absolute atomic E-state index is 0.406. The molecule has 1 N–H and O–H groups in total. The molecule has 0 amide bonds. The SMILES string of the molecule is COc1cc(CNc2ccc(C)c(Cl)c2)cc(Cl)c1OCc1ccc(Br)cc1. The predicted octanol–water partition coefficient (Wildman–Crippen LogP) is 7.26. The average molecular weight is 481 g/mol. The van der Waals surface area contributed by atoms with E-state index >= 15 is 0 Å². The summed E-state index contributed by atoms with van der Waals surface area (Å²) in [5, 5.41) is 4.59. The smallest absolute Gasteiger partial charge is 0.180 e. The lowest BCUT2D eigenvalue weighted by atomic mass is 10.1. The maximum absolute atomic E-state index is 6.47. The van der Waals surface area contributed by atoms with Crippen molar-refractivity contribution in [1.82, 2.24) is 0 Å². The lowest BCUT2D eigenvalue weighted by molar-refractivity contribution is 0.284. The summed E-state index contributed by atoms with van der Waals surface area (Å²) in [6, 6.07) is 17.6. The Morgan fingerprint density at radius 2 is 1.68 bits per heavy atom. The third-order valence-corrected chi connectivity index (χ3v) is 5.47. The first-order valence-electron chi connectivity index (χ1n) is 8.70. The molecule has 0 bridgehead atoms. The number of benzene rings is 3. The fourth-order valence-electron chi connectivity index (χ4n) is 2.66. The molecule has 0 unspecified atom stereocenters. The summed E-state index contributed by atoms with van der Waals surface area (Å²) in [5.74, 6) is 1.14. The first kappa shape index (κ1) is 20.8. The van der Waals surface area contributed by atoms with E-state index in [0.717, 1.165) is 31.9 Å². The molecule has 0 aliphatic heterocycles. The van der Waals surface area contributed by atoms with Crippen LogP contribution in [0.25, 0.3) is 0 Å². The van der Waals surface area contributed by atoms with Gasteiger partial charge in [-0.1, -0.05) is 57.3 Å². The Bertz CT molecular complexity index is 961. The van der Waals surface area contributed by atoms with Crippen molar-refractivity contribution < 1.29 is 9.47 Å². The Morgan fingerprint density at radius 1 is 0.929 bits per heavy atom. The van der Waals surface area contributed by atoms with Gasteiger partial charge in [0, 0.05) is 21.7 Å². The fraction of sp³-hybridized carbons (Fsp3) is 0.182. The number of aryl methyl sites for hydroxylation is 1. The van der Waals surface area contributed by atoms with Crippen LogP contribution in [0.3, 0.4) is 0 Å². The van der Waals surface area contributed by atoms with Crippen molar-refractivity contribution in [1.29, 1.82) is 0 Å². The number of ether oxygens (including phenoxy) is 2. The summed E-state index contributed by atoms with van der Waals surface area (Å²) >= 11 is 16.1. The second kappa shape index (κ2) is 9.55.